The van der Waals surface area contributed by atoms with Gasteiger partial charge in [-0.25, -0.2) is 15.0 Å². The Balaban J connectivity index is 1.10. The molecule has 13 rings (SSSR count). The van der Waals surface area contributed by atoms with Crippen molar-refractivity contribution in [3.63, 3.8) is 0 Å². The van der Waals surface area contributed by atoms with E-state index in [9.17, 15) is 0 Å². The zero-order valence-electron chi connectivity index (χ0n) is 33.4. The van der Waals surface area contributed by atoms with Gasteiger partial charge in [-0.2, -0.15) is 0 Å². The highest BCUT2D eigenvalue weighted by molar-refractivity contribution is 6.22. The molecule has 0 amide bonds. The molecule has 5 heteroatoms. The van der Waals surface area contributed by atoms with Crippen LogP contribution in [0, 0.1) is 0 Å². The van der Waals surface area contributed by atoms with E-state index in [1.165, 1.54) is 49.0 Å². The first-order valence-electron chi connectivity index (χ1n) is 21.0. The molecule has 0 spiro atoms. The third-order valence-corrected chi connectivity index (χ3v) is 12.5. The van der Waals surface area contributed by atoms with Gasteiger partial charge in [0, 0.05) is 49.0 Å². The van der Waals surface area contributed by atoms with E-state index in [0.29, 0.717) is 17.5 Å². The second-order valence-electron chi connectivity index (χ2n) is 15.9. The normalized spacial score (nSPS) is 11.9. The summed E-state index contributed by atoms with van der Waals surface area (Å²) in [4.78, 5) is 15.6. The van der Waals surface area contributed by atoms with E-state index >= 15 is 0 Å². The van der Waals surface area contributed by atoms with E-state index < -0.39 is 0 Å². The fourth-order valence-electron chi connectivity index (χ4n) is 9.86. The lowest BCUT2D eigenvalue weighted by molar-refractivity contribution is 1.08. The molecule has 0 radical (unpaired) electrons. The molecule has 0 bridgehead atoms. The summed E-state index contributed by atoms with van der Waals surface area (Å²) in [6.45, 7) is 0. The Hall–Kier alpha value is -8.41. The molecule has 288 valence electrons. The lowest BCUT2D eigenvalue weighted by atomic mass is 10.0. The van der Waals surface area contributed by atoms with Crippen LogP contribution < -0.4 is 0 Å². The van der Waals surface area contributed by atoms with Crippen LogP contribution in [0.1, 0.15) is 0 Å². The molecule has 0 fully saturated rings. The molecule has 0 aliphatic rings. The summed E-state index contributed by atoms with van der Waals surface area (Å²) >= 11 is 0. The lowest BCUT2D eigenvalue weighted by Crippen LogP contribution is -2.01. The molecule has 13 aromatic rings. The Morgan fingerprint density at radius 2 is 0.774 bits per heavy atom. The quantitative estimate of drug-likeness (QED) is 0.174. The SMILES string of the molecule is c1ccc(-c2nc(-c3cccc4ccccc34)nc(-c3cccc4c(-n5c6ccccc6c6c(-n7c8ccccc8c8ccccc87)c7ccccc7cc65)cccc34)n2)cc1. The monoisotopic (exact) mass is 789 g/mol. The molecule has 0 aliphatic heterocycles. The molecule has 0 aliphatic carbocycles. The lowest BCUT2D eigenvalue weighted by Gasteiger charge is -2.16. The van der Waals surface area contributed by atoms with Crippen molar-refractivity contribution in [2.75, 3.05) is 0 Å². The summed E-state index contributed by atoms with van der Waals surface area (Å²) < 4.78 is 4.96. The third kappa shape index (κ3) is 5.12. The van der Waals surface area contributed by atoms with Crippen LogP contribution >= 0.6 is 0 Å². The van der Waals surface area contributed by atoms with Crippen LogP contribution in [0.3, 0.4) is 0 Å². The highest BCUT2D eigenvalue weighted by atomic mass is 15.0. The minimum atomic E-state index is 0.631. The summed E-state index contributed by atoms with van der Waals surface area (Å²) in [5, 5.41) is 11.7. The molecule has 0 saturated heterocycles. The smallest absolute Gasteiger partial charge is 0.164 e. The van der Waals surface area contributed by atoms with E-state index in [1.54, 1.807) is 0 Å². The van der Waals surface area contributed by atoms with E-state index in [1.807, 2.05) is 18.2 Å². The largest absolute Gasteiger partial charge is 0.309 e. The number of fused-ring (bicyclic) bond motifs is 9. The molecule has 0 saturated carbocycles. The van der Waals surface area contributed by atoms with Gasteiger partial charge < -0.3 is 9.13 Å². The number of nitrogens with zero attached hydrogens (tertiary/aromatic N) is 5. The minimum absolute atomic E-state index is 0.631. The van der Waals surface area contributed by atoms with Crippen molar-refractivity contribution in [3.05, 3.63) is 212 Å². The van der Waals surface area contributed by atoms with E-state index in [2.05, 4.69) is 203 Å². The molecule has 0 atom stereocenters. The molecule has 5 nitrogen and oxygen atoms in total. The van der Waals surface area contributed by atoms with E-state index in [-0.39, 0.29) is 0 Å². The third-order valence-electron chi connectivity index (χ3n) is 12.5. The number of hydrogen-bond acceptors (Lipinski definition) is 3. The van der Waals surface area contributed by atoms with Crippen molar-refractivity contribution in [1.29, 1.82) is 0 Å². The van der Waals surface area contributed by atoms with Crippen molar-refractivity contribution >= 4 is 75.9 Å². The fourth-order valence-corrected chi connectivity index (χ4v) is 9.86. The highest BCUT2D eigenvalue weighted by Crippen LogP contribution is 2.45. The number of hydrogen-bond donors (Lipinski definition) is 0. The maximum atomic E-state index is 5.28. The molecule has 10 aromatic carbocycles. The van der Waals surface area contributed by atoms with Crippen LogP contribution in [0.4, 0.5) is 0 Å². The first-order chi connectivity index (χ1) is 30.8. The summed E-state index contributed by atoms with van der Waals surface area (Å²) in [5.41, 5.74) is 9.80. The average molecular weight is 790 g/mol. The Morgan fingerprint density at radius 3 is 1.50 bits per heavy atom. The first-order valence-corrected chi connectivity index (χ1v) is 21.0. The van der Waals surface area contributed by atoms with Gasteiger partial charge in [0.05, 0.1) is 33.4 Å². The van der Waals surface area contributed by atoms with E-state index in [0.717, 1.165) is 55.0 Å². The van der Waals surface area contributed by atoms with Crippen LogP contribution in [0.5, 0.6) is 0 Å². The zero-order valence-corrected chi connectivity index (χ0v) is 33.4. The molecular formula is C57H35N5. The van der Waals surface area contributed by atoms with Gasteiger partial charge in [0.1, 0.15) is 0 Å². The number of benzene rings is 10. The summed E-state index contributed by atoms with van der Waals surface area (Å²) in [5.74, 6) is 1.91. The summed E-state index contributed by atoms with van der Waals surface area (Å²) in [6.07, 6.45) is 0. The van der Waals surface area contributed by atoms with Crippen LogP contribution in [-0.2, 0) is 0 Å². The van der Waals surface area contributed by atoms with Crippen molar-refractivity contribution < 1.29 is 0 Å². The Kier molecular flexibility index (Phi) is 7.54. The van der Waals surface area contributed by atoms with Gasteiger partial charge in [-0.15, -0.1) is 0 Å². The fraction of sp³-hybridized carbons (Fsp3) is 0. The van der Waals surface area contributed by atoms with Crippen LogP contribution in [-0.4, -0.2) is 24.1 Å². The van der Waals surface area contributed by atoms with Crippen molar-refractivity contribution in [2.45, 2.75) is 0 Å². The zero-order chi connectivity index (χ0) is 40.7. The minimum Gasteiger partial charge on any atom is -0.309 e. The Labute approximate surface area is 356 Å². The molecule has 3 aromatic heterocycles. The van der Waals surface area contributed by atoms with Gasteiger partial charge in [0.25, 0.3) is 0 Å². The van der Waals surface area contributed by atoms with Crippen molar-refractivity contribution in [3.8, 4) is 45.5 Å². The van der Waals surface area contributed by atoms with Crippen molar-refractivity contribution in [1.82, 2.24) is 24.1 Å². The Morgan fingerprint density at radius 1 is 0.290 bits per heavy atom. The van der Waals surface area contributed by atoms with Crippen LogP contribution in [0.25, 0.3) is 121 Å². The predicted molar refractivity (Wildman–Crippen MR) is 257 cm³/mol. The number of aromatic nitrogens is 5. The molecule has 3 heterocycles. The van der Waals surface area contributed by atoms with Gasteiger partial charge in [0.2, 0.25) is 0 Å². The molecule has 0 unspecified atom stereocenters. The van der Waals surface area contributed by atoms with Gasteiger partial charge in [0.15, 0.2) is 17.5 Å². The second-order valence-corrected chi connectivity index (χ2v) is 15.9. The van der Waals surface area contributed by atoms with Crippen LogP contribution in [0.15, 0.2) is 212 Å². The Bertz CT molecular complexity index is 3880. The van der Waals surface area contributed by atoms with E-state index in [4.69, 9.17) is 15.0 Å². The maximum Gasteiger partial charge on any atom is 0.164 e. The molecular weight excluding hydrogens is 755 g/mol. The van der Waals surface area contributed by atoms with Gasteiger partial charge >= 0.3 is 0 Å². The first kappa shape index (κ1) is 34.5. The molecule has 62 heavy (non-hydrogen) atoms. The summed E-state index contributed by atoms with van der Waals surface area (Å²) in [6, 6.07) is 75.7. The van der Waals surface area contributed by atoms with Gasteiger partial charge in [-0.05, 0) is 51.9 Å². The topological polar surface area (TPSA) is 48.5 Å². The van der Waals surface area contributed by atoms with Gasteiger partial charge in [-0.1, -0.05) is 182 Å². The van der Waals surface area contributed by atoms with Crippen molar-refractivity contribution in [2.24, 2.45) is 0 Å². The second kappa shape index (κ2) is 13.6. The summed E-state index contributed by atoms with van der Waals surface area (Å²) in [7, 11) is 0. The number of rotatable bonds is 5. The average Bonchev–Trinajstić information content (AvgIpc) is 3.85. The maximum absolute atomic E-state index is 5.28. The highest BCUT2D eigenvalue weighted by Gasteiger charge is 2.24. The van der Waals surface area contributed by atoms with Crippen LogP contribution in [0.2, 0.25) is 0 Å². The molecule has 0 N–H and O–H groups in total. The standard InChI is InChI=1S/C57H35N5/c1-2-18-37(19-3-1)55-58-56(45-29-14-21-36-17-4-6-22-39(36)45)60-57(59-55)46-30-15-28-42-41(46)27-16-34-48(42)61-51-33-13-10-26-47(51)53-52(61)35-38-20-5-7-23-40(38)54(53)62-49-31-11-8-24-43(49)44-25-9-12-32-50(44)62/h1-35H. The number of para-hydroxylation sites is 3. The predicted octanol–water partition coefficient (Wildman–Crippen LogP) is 14.5. The van der Waals surface area contributed by atoms with Gasteiger partial charge in [-0.3, -0.25) is 0 Å².